The van der Waals surface area contributed by atoms with E-state index in [9.17, 15) is 39.6 Å². The molecule has 12 heteroatoms. The summed E-state index contributed by atoms with van der Waals surface area (Å²) >= 11 is 0. The van der Waals surface area contributed by atoms with Gasteiger partial charge in [-0.15, -0.1) is 0 Å². The highest BCUT2D eigenvalue weighted by Crippen LogP contribution is 2.31. The monoisotopic (exact) mass is 480 g/mol. The lowest BCUT2D eigenvalue weighted by molar-refractivity contribution is -0.186. The fourth-order valence-electron chi connectivity index (χ4n) is 3.38. The number of carbonyl (C=O) groups is 1. The third-order valence-corrected chi connectivity index (χ3v) is 6.64. The van der Waals surface area contributed by atoms with Gasteiger partial charge >= 0.3 is 18.3 Å². The molecular weight excluding hydrogens is 462 g/mol. The Bertz CT molecular complexity index is 1110. The molecule has 0 radical (unpaired) electrons. The van der Waals surface area contributed by atoms with Crippen LogP contribution in [0.5, 0.6) is 0 Å². The molecule has 0 fully saturated rings. The van der Waals surface area contributed by atoms with E-state index in [1.54, 1.807) is 0 Å². The summed E-state index contributed by atoms with van der Waals surface area (Å²) in [7, 11) is -4.14. The van der Waals surface area contributed by atoms with E-state index in [4.69, 9.17) is 0 Å². The molecule has 174 valence electrons. The number of hydrogen-bond donors (Lipinski definition) is 1. The van der Waals surface area contributed by atoms with Crippen LogP contribution in [0.3, 0.4) is 0 Å². The average Bonchev–Trinajstić information content (AvgIpc) is 2.70. The van der Waals surface area contributed by atoms with Crippen molar-refractivity contribution in [3.05, 3.63) is 64.7 Å². The molecule has 1 heterocycles. The number of alkyl halides is 6. The number of halogens is 6. The lowest BCUT2D eigenvalue weighted by Gasteiger charge is -2.29. The van der Waals surface area contributed by atoms with Gasteiger partial charge < -0.3 is 4.90 Å². The van der Waals surface area contributed by atoms with Crippen LogP contribution >= 0.6 is 0 Å². The molecule has 1 aliphatic heterocycles. The average molecular weight is 480 g/mol. The Labute approximate surface area is 180 Å². The van der Waals surface area contributed by atoms with Crippen LogP contribution < -0.4 is 4.72 Å². The van der Waals surface area contributed by atoms with Gasteiger partial charge in [0.1, 0.15) is 0 Å². The van der Waals surface area contributed by atoms with Crippen LogP contribution in [0, 0.1) is 0 Å². The van der Waals surface area contributed by atoms with E-state index in [-0.39, 0.29) is 30.0 Å². The second kappa shape index (κ2) is 8.39. The van der Waals surface area contributed by atoms with Gasteiger partial charge in [-0.1, -0.05) is 18.2 Å². The fraction of sp³-hybridized carbons (Fsp3) is 0.350. The number of rotatable bonds is 4. The Balaban J connectivity index is 1.79. The van der Waals surface area contributed by atoms with Gasteiger partial charge in [-0.25, -0.2) is 13.1 Å². The summed E-state index contributed by atoms with van der Waals surface area (Å²) in [6.07, 6.45) is -9.40. The molecule has 0 unspecified atom stereocenters. The van der Waals surface area contributed by atoms with Gasteiger partial charge in [0.25, 0.3) is 0 Å². The van der Waals surface area contributed by atoms with E-state index >= 15 is 0 Å². The lowest BCUT2D eigenvalue weighted by Crippen LogP contribution is -2.43. The molecule has 0 bridgehead atoms. The van der Waals surface area contributed by atoms with Gasteiger partial charge in [-0.3, -0.25) is 4.79 Å². The highest BCUT2D eigenvalue weighted by molar-refractivity contribution is 7.89. The van der Waals surface area contributed by atoms with E-state index in [2.05, 4.69) is 4.72 Å². The minimum absolute atomic E-state index is 0.138. The first-order valence-corrected chi connectivity index (χ1v) is 10.8. The largest absolute Gasteiger partial charge is 0.471 e. The third kappa shape index (κ3) is 5.23. The van der Waals surface area contributed by atoms with E-state index in [1.165, 1.54) is 25.1 Å². The smallest absolute Gasteiger partial charge is 0.330 e. The molecule has 2 aromatic carbocycles. The maximum atomic E-state index is 12.8. The molecule has 0 spiro atoms. The molecule has 0 aromatic heterocycles. The molecule has 0 saturated heterocycles. The van der Waals surface area contributed by atoms with Gasteiger partial charge in [-0.2, -0.15) is 26.3 Å². The minimum Gasteiger partial charge on any atom is -0.330 e. The first-order valence-electron chi connectivity index (χ1n) is 9.36. The molecule has 1 amide bonds. The van der Waals surface area contributed by atoms with Crippen molar-refractivity contribution in [1.82, 2.24) is 9.62 Å². The molecule has 2 aromatic rings. The van der Waals surface area contributed by atoms with E-state index < -0.39 is 39.9 Å². The molecule has 32 heavy (non-hydrogen) atoms. The van der Waals surface area contributed by atoms with E-state index in [1.807, 2.05) is 0 Å². The number of amides is 1. The Morgan fingerprint density at radius 2 is 1.62 bits per heavy atom. The zero-order chi connectivity index (χ0) is 23.9. The summed E-state index contributed by atoms with van der Waals surface area (Å²) in [5, 5.41) is 0. The van der Waals surface area contributed by atoms with Gasteiger partial charge in [0, 0.05) is 19.1 Å². The molecule has 5 nitrogen and oxygen atoms in total. The van der Waals surface area contributed by atoms with E-state index in [0.29, 0.717) is 16.0 Å². The van der Waals surface area contributed by atoms with Gasteiger partial charge in [0.15, 0.2) is 0 Å². The van der Waals surface area contributed by atoms with Crippen molar-refractivity contribution in [3.63, 3.8) is 0 Å². The number of fused-ring (bicyclic) bond motifs is 1. The zero-order valence-electron chi connectivity index (χ0n) is 16.6. The van der Waals surface area contributed by atoms with Crippen LogP contribution in [0.2, 0.25) is 0 Å². The topological polar surface area (TPSA) is 66.5 Å². The number of nitrogens with zero attached hydrogens (tertiary/aromatic N) is 1. The Morgan fingerprint density at radius 1 is 1.00 bits per heavy atom. The summed E-state index contributed by atoms with van der Waals surface area (Å²) in [5.41, 5.74) is 0.329. The van der Waals surface area contributed by atoms with Crippen LogP contribution in [0.1, 0.15) is 35.2 Å². The summed E-state index contributed by atoms with van der Waals surface area (Å²) in [4.78, 5) is 11.9. The Morgan fingerprint density at radius 3 is 2.19 bits per heavy atom. The standard InChI is InChI=1S/C20H18F6N2O3S/c1-12(13-2-5-16(6-3-13)19(21,22)23)27-32(30,31)17-7-4-14-8-9-28(11-15(14)10-17)18(29)20(24,25)26/h2-7,10,12,27H,8-9,11H2,1H3/t12-/m0/s1. The Hall–Kier alpha value is -2.60. The van der Waals surface area contributed by atoms with Crippen LogP contribution in [-0.4, -0.2) is 31.9 Å². The SMILES string of the molecule is C[C@H](NS(=O)(=O)c1ccc2c(c1)CN(C(=O)C(F)(F)F)CC2)c1ccc(C(F)(F)F)cc1. The van der Waals surface area contributed by atoms with Crippen LogP contribution in [0.4, 0.5) is 26.3 Å². The number of carbonyl (C=O) groups excluding carboxylic acids is 1. The van der Waals surface area contributed by atoms with Crippen molar-refractivity contribution in [2.75, 3.05) is 6.54 Å². The first-order chi connectivity index (χ1) is 14.7. The van der Waals surface area contributed by atoms with Gasteiger partial charge in [0.2, 0.25) is 10.0 Å². The highest BCUT2D eigenvalue weighted by atomic mass is 32.2. The molecule has 0 aliphatic carbocycles. The minimum atomic E-state index is -5.03. The molecule has 1 N–H and O–H groups in total. The van der Waals surface area contributed by atoms with Gasteiger partial charge in [0.05, 0.1) is 10.5 Å². The maximum Gasteiger partial charge on any atom is 0.471 e. The molecule has 1 aliphatic rings. The number of sulfonamides is 1. The molecule has 1 atom stereocenters. The Kier molecular flexibility index (Phi) is 6.31. The number of benzene rings is 2. The van der Waals surface area contributed by atoms with Gasteiger partial charge in [-0.05, 0) is 54.3 Å². The molecule has 0 saturated carbocycles. The maximum absolute atomic E-state index is 12.8. The lowest BCUT2D eigenvalue weighted by atomic mass is 10.00. The van der Waals surface area contributed by atoms with Crippen molar-refractivity contribution < 1.29 is 39.6 Å². The number of hydrogen-bond acceptors (Lipinski definition) is 3. The summed E-state index contributed by atoms with van der Waals surface area (Å²) in [6.45, 7) is 0.925. The highest BCUT2D eigenvalue weighted by Gasteiger charge is 2.43. The van der Waals surface area contributed by atoms with E-state index in [0.717, 1.165) is 24.3 Å². The van der Waals surface area contributed by atoms with Crippen molar-refractivity contribution in [2.45, 2.75) is 43.2 Å². The van der Waals surface area contributed by atoms with Crippen molar-refractivity contribution in [1.29, 1.82) is 0 Å². The second-order valence-corrected chi connectivity index (χ2v) is 9.08. The zero-order valence-corrected chi connectivity index (χ0v) is 17.4. The second-order valence-electron chi connectivity index (χ2n) is 7.37. The summed E-state index contributed by atoms with van der Waals surface area (Å²) in [5.74, 6) is -1.99. The van der Waals surface area contributed by atoms with Crippen molar-refractivity contribution >= 4 is 15.9 Å². The van der Waals surface area contributed by atoms with Crippen molar-refractivity contribution in [2.24, 2.45) is 0 Å². The van der Waals surface area contributed by atoms with Crippen LogP contribution in [0.15, 0.2) is 47.4 Å². The van der Waals surface area contributed by atoms with Crippen LogP contribution in [0.25, 0.3) is 0 Å². The summed E-state index contributed by atoms with van der Waals surface area (Å²) < 4.78 is 104. The molecule has 3 rings (SSSR count). The van der Waals surface area contributed by atoms with Crippen molar-refractivity contribution in [3.8, 4) is 0 Å². The first kappa shape index (κ1) is 24.1. The summed E-state index contributed by atoms with van der Waals surface area (Å²) in [6, 6.07) is 7.09. The van der Waals surface area contributed by atoms with Crippen LogP contribution in [-0.2, 0) is 34.0 Å². The third-order valence-electron chi connectivity index (χ3n) is 5.10. The quantitative estimate of drug-likeness (QED) is 0.668. The predicted octanol–water partition coefficient (Wildman–Crippen LogP) is 4.19. The number of nitrogens with one attached hydrogen (secondary N) is 1. The normalized spacial score (nSPS) is 15.9. The predicted molar refractivity (Wildman–Crippen MR) is 102 cm³/mol. The molecular formula is C20H18F6N2O3S. The fourth-order valence-corrected chi connectivity index (χ4v) is 4.67.